The number of benzene rings is 1. The van der Waals surface area contributed by atoms with Crippen LogP contribution in [0.25, 0.3) is 0 Å². The molecule has 0 unspecified atom stereocenters. The molecule has 0 heterocycles. The first kappa shape index (κ1) is 13.0. The number of aryl methyl sites for hydroxylation is 2. The van der Waals surface area contributed by atoms with Crippen molar-refractivity contribution in [2.45, 2.75) is 20.3 Å². The average Bonchev–Trinajstić information content (AvgIpc) is 2.19. The molecule has 0 radical (unpaired) electrons. The van der Waals surface area contributed by atoms with Crippen molar-refractivity contribution in [2.75, 3.05) is 25.6 Å². The number of hydrogen-bond donors (Lipinski definition) is 0. The summed E-state index contributed by atoms with van der Waals surface area (Å²) in [6, 6.07) is 4.78. The van der Waals surface area contributed by atoms with E-state index >= 15 is 0 Å². The normalized spacial score (nSPS) is 11.3. The maximum atomic E-state index is 2.40. The molecule has 2 heteroatoms. The van der Waals surface area contributed by atoms with Gasteiger partial charge >= 0.3 is 104 Å². The van der Waals surface area contributed by atoms with Crippen LogP contribution >= 0.6 is 0 Å². The van der Waals surface area contributed by atoms with Crippen molar-refractivity contribution in [2.24, 2.45) is 0 Å². The number of halogens is 1. The molecule has 0 aliphatic carbocycles. The van der Waals surface area contributed by atoms with E-state index in [4.69, 9.17) is 0 Å². The Morgan fingerprint density at radius 1 is 1.13 bits per heavy atom. The van der Waals surface area contributed by atoms with Gasteiger partial charge in [-0.1, -0.05) is 0 Å². The second kappa shape index (κ2) is 5.85. The van der Waals surface area contributed by atoms with Crippen LogP contribution in [0.1, 0.15) is 16.7 Å². The van der Waals surface area contributed by atoms with Gasteiger partial charge in [-0.15, -0.1) is 0 Å². The standard InChI is InChI=1S/C13H21IN/c1-10-8-12(6-7-15(4)5)13(14-3)9-11(10)2/h8-9H,6-7H2,1-5H3/q-1. The molecule has 0 saturated carbocycles. The molecule has 15 heavy (non-hydrogen) atoms. The third kappa shape index (κ3) is 3.76. The fourth-order valence-corrected chi connectivity index (χ4v) is 3.45. The minimum absolute atomic E-state index is 0.207. The zero-order chi connectivity index (χ0) is 11.4. The van der Waals surface area contributed by atoms with Crippen molar-refractivity contribution in [3.63, 3.8) is 0 Å². The molecule has 0 saturated heterocycles. The Labute approximate surface area is 104 Å². The van der Waals surface area contributed by atoms with E-state index < -0.39 is 0 Å². The number of hydrogen-bond acceptors (Lipinski definition) is 1. The predicted octanol–water partition coefficient (Wildman–Crippen LogP) is -0.704. The first-order chi connectivity index (χ1) is 7.04. The summed E-state index contributed by atoms with van der Waals surface area (Å²) in [6.07, 6.45) is 1.19. The molecule has 1 aromatic carbocycles. The van der Waals surface area contributed by atoms with Crippen LogP contribution in [-0.4, -0.2) is 30.5 Å². The van der Waals surface area contributed by atoms with E-state index in [1.807, 2.05) is 0 Å². The number of alkyl halides is 1. The fraction of sp³-hybridized carbons (Fsp3) is 0.538. The first-order valence-electron chi connectivity index (χ1n) is 5.29. The van der Waals surface area contributed by atoms with E-state index in [2.05, 4.69) is 49.9 Å². The van der Waals surface area contributed by atoms with Gasteiger partial charge in [0.1, 0.15) is 0 Å². The molecular formula is C13H21IN-. The van der Waals surface area contributed by atoms with E-state index in [0.29, 0.717) is 0 Å². The molecule has 0 aliphatic heterocycles. The fourth-order valence-electron chi connectivity index (χ4n) is 1.55. The van der Waals surface area contributed by atoms with Gasteiger partial charge in [0, 0.05) is 0 Å². The van der Waals surface area contributed by atoms with Gasteiger partial charge in [0.25, 0.3) is 0 Å². The van der Waals surface area contributed by atoms with E-state index in [-0.39, 0.29) is 21.2 Å². The van der Waals surface area contributed by atoms with Crippen LogP contribution in [0.5, 0.6) is 0 Å². The Kier molecular flexibility index (Phi) is 5.06. The van der Waals surface area contributed by atoms with Gasteiger partial charge in [-0.3, -0.25) is 0 Å². The molecule has 0 amide bonds. The van der Waals surface area contributed by atoms with E-state index in [0.717, 1.165) is 6.54 Å². The van der Waals surface area contributed by atoms with E-state index in [1.54, 1.807) is 9.13 Å². The van der Waals surface area contributed by atoms with E-state index in [9.17, 15) is 0 Å². The molecule has 1 aromatic rings. The second-order valence-electron chi connectivity index (χ2n) is 4.27. The molecule has 86 valence electrons. The van der Waals surface area contributed by atoms with Crippen molar-refractivity contribution in [1.29, 1.82) is 0 Å². The van der Waals surface area contributed by atoms with Gasteiger partial charge < -0.3 is 0 Å². The van der Waals surface area contributed by atoms with Gasteiger partial charge in [-0.25, -0.2) is 0 Å². The average molecular weight is 318 g/mol. The van der Waals surface area contributed by atoms with Gasteiger partial charge in [-0.2, -0.15) is 0 Å². The number of likely N-dealkylation sites (N-methyl/N-ethyl adjacent to an activating group) is 1. The van der Waals surface area contributed by atoms with Crippen molar-refractivity contribution in [3.05, 3.63) is 32.4 Å². The van der Waals surface area contributed by atoms with Crippen molar-refractivity contribution in [1.82, 2.24) is 4.90 Å². The summed E-state index contributed by atoms with van der Waals surface area (Å²) in [5, 5.41) is 0. The van der Waals surface area contributed by atoms with Crippen LogP contribution in [0.3, 0.4) is 0 Å². The molecule has 0 aliphatic rings. The number of rotatable bonds is 4. The Morgan fingerprint density at radius 2 is 1.73 bits per heavy atom. The Bertz CT molecular complexity index is 332. The van der Waals surface area contributed by atoms with Gasteiger partial charge in [0.05, 0.1) is 0 Å². The maximum absolute atomic E-state index is 2.40. The van der Waals surface area contributed by atoms with Gasteiger partial charge in [-0.05, 0) is 0 Å². The molecule has 0 aromatic heterocycles. The summed E-state index contributed by atoms with van der Waals surface area (Å²) < 4.78 is 1.62. The summed E-state index contributed by atoms with van der Waals surface area (Å²) in [5.74, 6) is 0. The molecule has 0 spiro atoms. The monoisotopic (exact) mass is 318 g/mol. The van der Waals surface area contributed by atoms with Crippen LogP contribution < -0.4 is 21.2 Å². The summed E-state index contributed by atoms with van der Waals surface area (Å²) in [5.41, 5.74) is 4.45. The molecule has 1 nitrogen and oxygen atoms in total. The summed E-state index contributed by atoms with van der Waals surface area (Å²) in [7, 11) is 4.28. The van der Waals surface area contributed by atoms with Gasteiger partial charge in [0.2, 0.25) is 0 Å². The third-order valence-electron chi connectivity index (χ3n) is 2.69. The van der Waals surface area contributed by atoms with Crippen LogP contribution in [0, 0.1) is 17.4 Å². The Morgan fingerprint density at radius 3 is 2.27 bits per heavy atom. The zero-order valence-electron chi connectivity index (χ0n) is 10.4. The molecule has 1 rings (SSSR count). The second-order valence-corrected chi connectivity index (χ2v) is 6.51. The molecule has 0 fully saturated rings. The molecular weight excluding hydrogens is 297 g/mol. The Hall–Kier alpha value is -0.0900. The summed E-state index contributed by atoms with van der Waals surface area (Å²) in [4.78, 5) is 4.61. The van der Waals surface area contributed by atoms with Crippen LogP contribution in [-0.2, 0) is 6.42 Å². The van der Waals surface area contributed by atoms with Crippen LogP contribution in [0.4, 0.5) is 0 Å². The quantitative estimate of drug-likeness (QED) is 0.524. The number of nitrogens with zero attached hydrogens (tertiary/aromatic N) is 1. The van der Waals surface area contributed by atoms with Gasteiger partial charge in [0.15, 0.2) is 0 Å². The summed E-state index contributed by atoms with van der Waals surface area (Å²) in [6.45, 7) is 5.58. The molecule has 0 N–H and O–H groups in total. The zero-order valence-corrected chi connectivity index (χ0v) is 12.6. The van der Waals surface area contributed by atoms with Crippen LogP contribution in [0.15, 0.2) is 12.1 Å². The van der Waals surface area contributed by atoms with Crippen molar-refractivity contribution >= 4 is 0 Å². The summed E-state index contributed by atoms with van der Waals surface area (Å²) >= 11 is 0.207. The third-order valence-corrected chi connectivity index (χ3v) is 4.86. The van der Waals surface area contributed by atoms with E-state index in [1.165, 1.54) is 17.5 Å². The minimum atomic E-state index is 0.207. The topological polar surface area (TPSA) is 3.24 Å². The SMILES string of the molecule is C[I-]c1cc(C)c(C)cc1CCN(C)C. The first-order valence-corrected chi connectivity index (χ1v) is 8.52. The van der Waals surface area contributed by atoms with Crippen molar-refractivity contribution < 1.29 is 21.2 Å². The van der Waals surface area contributed by atoms with Crippen molar-refractivity contribution in [3.8, 4) is 0 Å². The van der Waals surface area contributed by atoms with Crippen LogP contribution in [0.2, 0.25) is 0 Å². The Balaban J connectivity index is 2.89. The molecule has 0 atom stereocenters. The predicted molar refractivity (Wildman–Crippen MR) is 62.8 cm³/mol. The molecule has 0 bridgehead atoms.